The standard InChI is InChI=1S/C18H24N4O2S.2ClH/c1-18(2,3)17-21-12(11-25-17)10-15(23)22-14-7-5-4-6-13(14)16(24)20-9-8-19;;/h4-7,11H,8-10,19H2,1-3H3,(H,20,24)(H,22,23);2*1H. The lowest BCUT2D eigenvalue weighted by molar-refractivity contribution is -0.115. The van der Waals surface area contributed by atoms with Crippen LogP contribution in [0.4, 0.5) is 5.69 Å². The third-order valence-corrected chi connectivity index (χ3v) is 4.73. The normalized spacial score (nSPS) is 10.4. The van der Waals surface area contributed by atoms with E-state index in [9.17, 15) is 9.59 Å². The summed E-state index contributed by atoms with van der Waals surface area (Å²) in [6.07, 6.45) is 0.172. The second kappa shape index (κ2) is 11.2. The van der Waals surface area contributed by atoms with Crippen molar-refractivity contribution < 1.29 is 9.59 Å². The van der Waals surface area contributed by atoms with E-state index in [-0.39, 0.29) is 48.5 Å². The Bertz CT molecular complexity index is 760. The smallest absolute Gasteiger partial charge is 0.253 e. The highest BCUT2D eigenvalue weighted by Gasteiger charge is 2.19. The van der Waals surface area contributed by atoms with Gasteiger partial charge in [0.25, 0.3) is 5.91 Å². The Morgan fingerprint density at radius 3 is 2.44 bits per heavy atom. The van der Waals surface area contributed by atoms with E-state index in [2.05, 4.69) is 36.4 Å². The lowest BCUT2D eigenvalue weighted by Crippen LogP contribution is -2.30. The molecule has 6 nitrogen and oxygen atoms in total. The molecule has 0 aliphatic carbocycles. The molecule has 4 N–H and O–H groups in total. The van der Waals surface area contributed by atoms with Gasteiger partial charge < -0.3 is 16.4 Å². The molecule has 2 amide bonds. The van der Waals surface area contributed by atoms with Gasteiger partial charge in [0.05, 0.1) is 28.4 Å². The second-order valence-corrected chi connectivity index (χ2v) is 7.57. The maximum atomic E-state index is 12.3. The molecule has 0 saturated heterocycles. The average molecular weight is 433 g/mol. The van der Waals surface area contributed by atoms with E-state index in [1.807, 2.05) is 5.38 Å². The Morgan fingerprint density at radius 2 is 1.85 bits per heavy atom. The molecule has 2 aromatic rings. The topological polar surface area (TPSA) is 97.1 Å². The molecule has 0 unspecified atom stereocenters. The fourth-order valence-corrected chi connectivity index (χ4v) is 3.07. The second-order valence-electron chi connectivity index (χ2n) is 6.71. The summed E-state index contributed by atoms with van der Waals surface area (Å²) in [5, 5.41) is 8.40. The Hall–Kier alpha value is -1.67. The number of anilines is 1. The van der Waals surface area contributed by atoms with Crippen LogP contribution in [0.1, 0.15) is 41.8 Å². The zero-order valence-electron chi connectivity index (χ0n) is 15.6. The SMILES string of the molecule is CC(C)(C)c1nc(CC(=O)Nc2ccccc2C(=O)NCCN)cs1.Cl.Cl. The minimum absolute atomic E-state index is 0. The number of para-hydroxylation sites is 1. The van der Waals surface area contributed by atoms with E-state index in [0.717, 1.165) is 10.7 Å². The quantitative estimate of drug-likeness (QED) is 0.652. The Morgan fingerprint density at radius 1 is 1.19 bits per heavy atom. The van der Waals surface area contributed by atoms with E-state index < -0.39 is 0 Å². The number of hydrogen-bond acceptors (Lipinski definition) is 5. The summed E-state index contributed by atoms with van der Waals surface area (Å²) >= 11 is 1.55. The predicted octanol–water partition coefficient (Wildman–Crippen LogP) is 3.15. The van der Waals surface area contributed by atoms with Crippen molar-refractivity contribution in [3.8, 4) is 0 Å². The van der Waals surface area contributed by atoms with E-state index in [4.69, 9.17) is 5.73 Å². The molecule has 0 radical (unpaired) electrons. The number of nitrogens with zero attached hydrogens (tertiary/aromatic N) is 1. The molecule has 9 heteroatoms. The Balaban J connectivity index is 0.00000338. The van der Waals surface area contributed by atoms with Crippen LogP contribution in [0, 0.1) is 0 Å². The zero-order valence-corrected chi connectivity index (χ0v) is 18.0. The molecule has 1 aromatic heterocycles. The monoisotopic (exact) mass is 432 g/mol. The van der Waals surface area contributed by atoms with Crippen LogP contribution in [0.15, 0.2) is 29.6 Å². The molecular weight excluding hydrogens is 407 g/mol. The molecule has 150 valence electrons. The summed E-state index contributed by atoms with van der Waals surface area (Å²) in [6, 6.07) is 6.90. The highest BCUT2D eigenvalue weighted by molar-refractivity contribution is 7.09. The molecule has 1 aromatic carbocycles. The fourth-order valence-electron chi connectivity index (χ4n) is 2.16. The first-order chi connectivity index (χ1) is 11.8. The number of thiazole rings is 1. The summed E-state index contributed by atoms with van der Waals surface area (Å²) < 4.78 is 0. The molecule has 27 heavy (non-hydrogen) atoms. The third-order valence-electron chi connectivity index (χ3n) is 3.41. The van der Waals surface area contributed by atoms with Gasteiger partial charge in [-0.15, -0.1) is 36.2 Å². The van der Waals surface area contributed by atoms with Gasteiger partial charge in [0, 0.05) is 23.9 Å². The van der Waals surface area contributed by atoms with Gasteiger partial charge in [-0.05, 0) is 12.1 Å². The molecule has 2 rings (SSSR count). The maximum Gasteiger partial charge on any atom is 0.253 e. The molecule has 0 fully saturated rings. The fraction of sp³-hybridized carbons (Fsp3) is 0.389. The van der Waals surface area contributed by atoms with E-state index >= 15 is 0 Å². The minimum atomic E-state index is -0.259. The zero-order chi connectivity index (χ0) is 18.4. The van der Waals surface area contributed by atoms with Crippen LogP contribution in [0.2, 0.25) is 0 Å². The van der Waals surface area contributed by atoms with E-state index in [0.29, 0.717) is 24.3 Å². The highest BCUT2D eigenvalue weighted by atomic mass is 35.5. The summed E-state index contributed by atoms with van der Waals surface area (Å²) in [6.45, 7) is 7.01. The molecule has 0 saturated carbocycles. The van der Waals surface area contributed by atoms with Gasteiger partial charge in [-0.2, -0.15) is 0 Å². The van der Waals surface area contributed by atoms with E-state index in [1.54, 1.807) is 35.6 Å². The maximum absolute atomic E-state index is 12.3. The summed E-state index contributed by atoms with van der Waals surface area (Å²) in [4.78, 5) is 29.0. The molecule has 0 aliphatic heterocycles. The number of rotatable bonds is 6. The van der Waals surface area contributed by atoms with Crippen LogP contribution in [0.5, 0.6) is 0 Å². The number of carbonyl (C=O) groups is 2. The van der Waals surface area contributed by atoms with Gasteiger partial charge in [-0.3, -0.25) is 9.59 Å². The van der Waals surface area contributed by atoms with Crippen LogP contribution in [-0.2, 0) is 16.6 Å². The minimum Gasteiger partial charge on any atom is -0.351 e. The lowest BCUT2D eigenvalue weighted by atomic mass is 9.98. The number of nitrogens with two attached hydrogens (primary N) is 1. The van der Waals surface area contributed by atoms with Gasteiger partial charge in [-0.1, -0.05) is 32.9 Å². The van der Waals surface area contributed by atoms with E-state index in [1.165, 1.54) is 0 Å². The van der Waals surface area contributed by atoms with Crippen molar-refractivity contribution in [3.05, 3.63) is 45.9 Å². The van der Waals surface area contributed by atoms with Crippen LogP contribution in [0.25, 0.3) is 0 Å². The van der Waals surface area contributed by atoms with Crippen LogP contribution < -0.4 is 16.4 Å². The third kappa shape index (κ3) is 7.46. The summed E-state index contributed by atoms with van der Waals surface area (Å²) in [5.41, 5.74) is 7.00. The van der Waals surface area contributed by atoms with Gasteiger partial charge in [0.2, 0.25) is 5.91 Å². The Kier molecular flexibility index (Phi) is 10.5. The van der Waals surface area contributed by atoms with Crippen molar-refractivity contribution in [1.82, 2.24) is 10.3 Å². The number of aromatic nitrogens is 1. The molecular formula is C18H26Cl2N4O2S. The molecule has 0 aliphatic rings. The summed E-state index contributed by atoms with van der Waals surface area (Å²) in [5.74, 6) is -0.463. The molecule has 0 atom stereocenters. The van der Waals surface area contributed by atoms with Gasteiger partial charge in [-0.25, -0.2) is 4.98 Å². The Labute approximate surface area is 176 Å². The number of halogens is 2. The van der Waals surface area contributed by atoms with Crippen molar-refractivity contribution in [2.75, 3.05) is 18.4 Å². The van der Waals surface area contributed by atoms with Crippen molar-refractivity contribution in [1.29, 1.82) is 0 Å². The predicted molar refractivity (Wildman–Crippen MR) is 115 cm³/mol. The van der Waals surface area contributed by atoms with Crippen molar-refractivity contribution in [2.45, 2.75) is 32.6 Å². The molecule has 0 spiro atoms. The first kappa shape index (κ1) is 25.3. The van der Waals surface area contributed by atoms with Crippen molar-refractivity contribution >= 4 is 53.7 Å². The largest absolute Gasteiger partial charge is 0.351 e. The number of nitrogens with one attached hydrogen (secondary N) is 2. The first-order valence-electron chi connectivity index (χ1n) is 8.13. The van der Waals surface area contributed by atoms with Gasteiger partial charge in [0.15, 0.2) is 0 Å². The first-order valence-corrected chi connectivity index (χ1v) is 9.01. The number of amides is 2. The molecule has 1 heterocycles. The van der Waals surface area contributed by atoms with Crippen LogP contribution in [-0.4, -0.2) is 29.9 Å². The van der Waals surface area contributed by atoms with Crippen molar-refractivity contribution in [3.63, 3.8) is 0 Å². The van der Waals surface area contributed by atoms with Gasteiger partial charge in [0.1, 0.15) is 0 Å². The van der Waals surface area contributed by atoms with Crippen LogP contribution >= 0.6 is 36.2 Å². The number of carbonyl (C=O) groups excluding carboxylic acids is 2. The molecule has 0 bridgehead atoms. The highest BCUT2D eigenvalue weighted by Crippen LogP contribution is 2.25. The number of hydrogen-bond donors (Lipinski definition) is 3. The lowest BCUT2D eigenvalue weighted by Gasteiger charge is -2.13. The average Bonchev–Trinajstić information content (AvgIpc) is 3.01. The van der Waals surface area contributed by atoms with Gasteiger partial charge >= 0.3 is 0 Å². The number of benzene rings is 1. The van der Waals surface area contributed by atoms with Crippen molar-refractivity contribution in [2.24, 2.45) is 5.73 Å². The van der Waals surface area contributed by atoms with Crippen LogP contribution in [0.3, 0.4) is 0 Å². The summed E-state index contributed by atoms with van der Waals surface area (Å²) in [7, 11) is 0.